The Labute approximate surface area is 245 Å². The van der Waals surface area contributed by atoms with E-state index in [9.17, 15) is 24.2 Å². The zero-order valence-corrected chi connectivity index (χ0v) is 24.2. The SMILES string of the molecule is CNC(=O)Nc1ccc2c(c1)Cc1nc(C(C)C)c(/C=C/[C@@H](O)C[C@@H](O)CC(=O)O)c(-c3ccc(F)cc3)c1CCC2. The second-order valence-electron chi connectivity index (χ2n) is 11.0. The molecule has 222 valence electrons. The van der Waals surface area contributed by atoms with Crippen LogP contribution >= 0.6 is 0 Å². The minimum absolute atomic E-state index is 0.00931. The fourth-order valence-electron chi connectivity index (χ4n) is 5.47. The van der Waals surface area contributed by atoms with Gasteiger partial charge in [0.15, 0.2) is 0 Å². The van der Waals surface area contributed by atoms with E-state index in [0.29, 0.717) is 12.1 Å². The molecule has 4 rings (SSSR count). The van der Waals surface area contributed by atoms with Crippen LogP contribution in [0.1, 0.15) is 72.7 Å². The number of benzene rings is 2. The number of fused-ring (bicyclic) bond motifs is 2. The molecule has 0 aliphatic heterocycles. The van der Waals surface area contributed by atoms with Crippen LogP contribution in [-0.2, 0) is 24.1 Å². The normalized spacial score (nSPS) is 14.5. The van der Waals surface area contributed by atoms with Gasteiger partial charge in [-0.2, -0.15) is 0 Å². The molecule has 0 unspecified atom stereocenters. The smallest absolute Gasteiger partial charge is 0.318 e. The fraction of sp³-hybridized carbons (Fsp3) is 0.364. The number of nitrogens with zero attached hydrogens (tertiary/aromatic N) is 1. The number of amides is 2. The number of aromatic nitrogens is 1. The van der Waals surface area contributed by atoms with Gasteiger partial charge in [-0.1, -0.05) is 44.2 Å². The highest BCUT2D eigenvalue weighted by Gasteiger charge is 2.24. The van der Waals surface area contributed by atoms with Crippen molar-refractivity contribution in [3.8, 4) is 11.1 Å². The van der Waals surface area contributed by atoms with Crippen LogP contribution in [0, 0.1) is 5.82 Å². The largest absolute Gasteiger partial charge is 0.481 e. The van der Waals surface area contributed by atoms with E-state index in [2.05, 4.69) is 10.6 Å². The Morgan fingerprint density at radius 3 is 2.48 bits per heavy atom. The summed E-state index contributed by atoms with van der Waals surface area (Å²) in [4.78, 5) is 28.1. The molecule has 0 saturated heterocycles. The predicted molar refractivity (Wildman–Crippen MR) is 161 cm³/mol. The molecule has 1 heterocycles. The van der Waals surface area contributed by atoms with Crippen molar-refractivity contribution in [1.82, 2.24) is 10.3 Å². The number of aryl methyl sites for hydroxylation is 1. The number of aliphatic hydroxyl groups is 2. The van der Waals surface area contributed by atoms with Gasteiger partial charge in [0.25, 0.3) is 0 Å². The average Bonchev–Trinajstić information content (AvgIpc) is 2.92. The summed E-state index contributed by atoms with van der Waals surface area (Å²) in [5, 5.41) is 35.0. The summed E-state index contributed by atoms with van der Waals surface area (Å²) >= 11 is 0. The van der Waals surface area contributed by atoms with Crippen molar-refractivity contribution in [2.45, 2.75) is 70.5 Å². The Morgan fingerprint density at radius 1 is 1.07 bits per heavy atom. The number of carboxylic acids is 1. The number of hydrogen-bond donors (Lipinski definition) is 5. The van der Waals surface area contributed by atoms with E-state index < -0.39 is 24.6 Å². The minimum atomic E-state index is -1.18. The van der Waals surface area contributed by atoms with Crippen molar-refractivity contribution in [2.75, 3.05) is 12.4 Å². The van der Waals surface area contributed by atoms with Gasteiger partial charge in [0.2, 0.25) is 0 Å². The molecule has 3 aromatic rings. The molecule has 0 saturated carbocycles. The summed E-state index contributed by atoms with van der Waals surface area (Å²) in [6, 6.07) is 12.0. The van der Waals surface area contributed by atoms with E-state index in [0.717, 1.165) is 58.5 Å². The molecule has 2 atom stereocenters. The Morgan fingerprint density at radius 2 is 1.81 bits per heavy atom. The van der Waals surface area contributed by atoms with Gasteiger partial charge in [-0.15, -0.1) is 0 Å². The molecule has 1 aromatic heterocycles. The first-order chi connectivity index (χ1) is 20.0. The van der Waals surface area contributed by atoms with Crippen molar-refractivity contribution in [3.05, 3.63) is 88.0 Å². The van der Waals surface area contributed by atoms with E-state index in [1.807, 2.05) is 32.0 Å². The first-order valence-electron chi connectivity index (χ1n) is 14.2. The second kappa shape index (κ2) is 13.7. The summed E-state index contributed by atoms with van der Waals surface area (Å²) in [5.41, 5.74) is 8.27. The molecule has 1 aliphatic rings. The van der Waals surface area contributed by atoms with Gasteiger partial charge in [0.05, 0.1) is 24.3 Å². The van der Waals surface area contributed by atoms with Crippen LogP contribution < -0.4 is 10.6 Å². The van der Waals surface area contributed by atoms with E-state index in [1.54, 1.807) is 31.3 Å². The Kier molecular flexibility index (Phi) is 10.1. The van der Waals surface area contributed by atoms with Gasteiger partial charge >= 0.3 is 12.0 Å². The number of hydrogen-bond acceptors (Lipinski definition) is 5. The van der Waals surface area contributed by atoms with Gasteiger partial charge in [0, 0.05) is 36.8 Å². The highest BCUT2D eigenvalue weighted by molar-refractivity contribution is 5.89. The summed E-state index contributed by atoms with van der Waals surface area (Å²) < 4.78 is 14.0. The monoisotopic (exact) mass is 575 g/mol. The van der Waals surface area contributed by atoms with Crippen LogP contribution in [0.15, 0.2) is 48.5 Å². The number of rotatable bonds is 9. The van der Waals surface area contributed by atoms with Crippen molar-refractivity contribution < 1.29 is 29.3 Å². The first-order valence-corrected chi connectivity index (χ1v) is 14.2. The van der Waals surface area contributed by atoms with Crippen molar-refractivity contribution in [1.29, 1.82) is 0 Å². The number of nitrogens with one attached hydrogen (secondary N) is 2. The molecule has 0 radical (unpaired) electrons. The quantitative estimate of drug-likeness (QED) is 0.231. The molecule has 2 amide bonds. The third-order valence-corrected chi connectivity index (χ3v) is 7.46. The van der Waals surface area contributed by atoms with Gasteiger partial charge in [-0.05, 0) is 77.3 Å². The molecule has 0 spiro atoms. The lowest BCUT2D eigenvalue weighted by atomic mass is 9.83. The zero-order valence-electron chi connectivity index (χ0n) is 24.2. The Hall–Kier alpha value is -4.08. The van der Waals surface area contributed by atoms with Gasteiger partial charge in [-0.3, -0.25) is 9.78 Å². The van der Waals surface area contributed by atoms with Crippen LogP contribution in [0.3, 0.4) is 0 Å². The molecule has 0 fully saturated rings. The first kappa shape index (κ1) is 30.9. The lowest BCUT2D eigenvalue weighted by Gasteiger charge is -2.25. The highest BCUT2D eigenvalue weighted by atomic mass is 19.1. The van der Waals surface area contributed by atoms with Crippen molar-refractivity contribution in [2.24, 2.45) is 0 Å². The maximum absolute atomic E-state index is 14.0. The van der Waals surface area contributed by atoms with Crippen LogP contribution in [0.5, 0.6) is 0 Å². The molecule has 2 aromatic carbocycles. The number of pyridine rings is 1. The predicted octanol–water partition coefficient (Wildman–Crippen LogP) is 5.44. The third-order valence-electron chi connectivity index (χ3n) is 7.46. The summed E-state index contributed by atoms with van der Waals surface area (Å²) in [6.07, 6.45) is 3.52. The Bertz CT molecular complexity index is 1470. The van der Waals surface area contributed by atoms with Crippen LogP contribution in [0.2, 0.25) is 0 Å². The topological polar surface area (TPSA) is 132 Å². The number of aliphatic carboxylic acids is 1. The maximum Gasteiger partial charge on any atom is 0.318 e. The number of urea groups is 1. The number of aliphatic hydroxyl groups excluding tert-OH is 2. The van der Waals surface area contributed by atoms with Gasteiger partial charge < -0.3 is 26.0 Å². The van der Waals surface area contributed by atoms with Gasteiger partial charge in [-0.25, -0.2) is 9.18 Å². The Balaban J connectivity index is 1.84. The van der Waals surface area contributed by atoms with Crippen LogP contribution in [-0.4, -0.2) is 51.6 Å². The summed E-state index contributed by atoms with van der Waals surface area (Å²) in [5.74, 6) is -1.47. The third kappa shape index (κ3) is 7.60. The molecule has 42 heavy (non-hydrogen) atoms. The molecule has 5 N–H and O–H groups in total. The lowest BCUT2D eigenvalue weighted by molar-refractivity contribution is -0.139. The highest BCUT2D eigenvalue weighted by Crippen LogP contribution is 2.38. The zero-order chi connectivity index (χ0) is 30.4. The molecular formula is C33H38FN3O5. The van der Waals surface area contributed by atoms with Crippen molar-refractivity contribution in [3.63, 3.8) is 0 Å². The maximum atomic E-state index is 14.0. The van der Waals surface area contributed by atoms with Crippen molar-refractivity contribution >= 4 is 23.8 Å². The number of carboxylic acid groups (broad SMARTS) is 1. The molecule has 8 nitrogen and oxygen atoms in total. The second-order valence-corrected chi connectivity index (χ2v) is 11.0. The summed E-state index contributed by atoms with van der Waals surface area (Å²) in [6.45, 7) is 4.08. The van der Waals surface area contributed by atoms with E-state index in [-0.39, 0.29) is 24.2 Å². The standard InChI is InChI=1S/C33H38FN3O5/c1-19(2)32-28(14-13-25(38)17-26(39)18-30(40)41)31(21-7-10-23(34)11-8-21)27-6-4-5-20-9-12-24(36-33(42)35-3)15-22(20)16-29(27)37-32/h7-15,19,25-26,38-39H,4-6,16-18H2,1-3H3,(H,40,41)(H2,35,36,42)/b14-13+/t25-,26-/m1/s1. The number of halogens is 1. The van der Waals surface area contributed by atoms with Crippen LogP contribution in [0.25, 0.3) is 17.2 Å². The average molecular weight is 576 g/mol. The molecule has 9 heteroatoms. The molecule has 1 aliphatic carbocycles. The van der Waals surface area contributed by atoms with Gasteiger partial charge in [0.1, 0.15) is 5.82 Å². The number of carbonyl (C=O) groups is 2. The van der Waals surface area contributed by atoms with E-state index in [4.69, 9.17) is 10.1 Å². The molecule has 0 bridgehead atoms. The lowest BCUT2D eigenvalue weighted by Crippen LogP contribution is -2.24. The number of anilines is 1. The van der Waals surface area contributed by atoms with Crippen LogP contribution in [0.4, 0.5) is 14.9 Å². The summed E-state index contributed by atoms with van der Waals surface area (Å²) in [7, 11) is 1.57. The van der Waals surface area contributed by atoms with E-state index >= 15 is 0 Å². The molecular weight excluding hydrogens is 537 g/mol. The fourth-order valence-corrected chi connectivity index (χ4v) is 5.47. The van der Waals surface area contributed by atoms with E-state index in [1.165, 1.54) is 17.7 Å². The minimum Gasteiger partial charge on any atom is -0.481 e. The number of carbonyl (C=O) groups excluding carboxylic acids is 1.